The normalized spacial score (nSPS) is 16.2. The summed E-state index contributed by atoms with van der Waals surface area (Å²) in [4.78, 5) is 21.2. The minimum Gasteiger partial charge on any atom is -0.357 e. The summed E-state index contributed by atoms with van der Waals surface area (Å²) in [6.07, 6.45) is 6.84. The summed E-state index contributed by atoms with van der Waals surface area (Å²) in [5, 5.41) is 0. The van der Waals surface area contributed by atoms with Gasteiger partial charge in [-0.2, -0.15) is 11.8 Å². The van der Waals surface area contributed by atoms with Crippen LogP contribution in [0.5, 0.6) is 0 Å². The fourth-order valence-electron chi connectivity index (χ4n) is 3.17. The number of anilines is 1. The maximum absolute atomic E-state index is 12.5. The predicted octanol–water partition coefficient (Wildman–Crippen LogP) is 2.65. The Bertz CT molecular complexity index is 497. The Labute approximate surface area is 162 Å². The number of likely N-dealkylation sites (N-methyl/N-ethyl adjacent to an activating group) is 1. The lowest BCUT2D eigenvalue weighted by Crippen LogP contribution is -2.47. The minimum atomic E-state index is -0.356. The highest BCUT2D eigenvalue weighted by atomic mass is 35.5. The molecule has 1 aliphatic rings. The molecule has 0 radical (unpaired) electrons. The molecule has 0 aliphatic carbocycles. The number of piperidine rings is 1. The smallest absolute Gasteiger partial charge is 0.239 e. The number of nitrogens with zero attached hydrogens (tertiary/aromatic N) is 3. The second-order valence-corrected chi connectivity index (χ2v) is 7.37. The average molecular weight is 387 g/mol. The van der Waals surface area contributed by atoms with E-state index in [2.05, 4.69) is 16.0 Å². The van der Waals surface area contributed by atoms with Gasteiger partial charge in [-0.3, -0.25) is 4.79 Å². The Morgan fingerprint density at radius 2 is 2.16 bits per heavy atom. The van der Waals surface area contributed by atoms with Gasteiger partial charge in [-0.1, -0.05) is 6.07 Å². The molecule has 1 aromatic heterocycles. The highest BCUT2D eigenvalue weighted by Crippen LogP contribution is 2.22. The number of nitrogens with two attached hydrogens (primary N) is 1. The van der Waals surface area contributed by atoms with Gasteiger partial charge in [0.05, 0.1) is 6.04 Å². The molecule has 2 N–H and O–H groups in total. The molecule has 1 atom stereocenters. The zero-order valence-corrected chi connectivity index (χ0v) is 16.9. The van der Waals surface area contributed by atoms with Crippen molar-refractivity contribution >= 4 is 35.9 Å². The number of carbonyl (C=O) groups is 1. The van der Waals surface area contributed by atoms with E-state index < -0.39 is 0 Å². The molecule has 5 nitrogen and oxygen atoms in total. The van der Waals surface area contributed by atoms with Crippen LogP contribution in [0.4, 0.5) is 5.82 Å². The van der Waals surface area contributed by atoms with Gasteiger partial charge in [0.2, 0.25) is 5.91 Å². The van der Waals surface area contributed by atoms with Crippen molar-refractivity contribution in [1.29, 1.82) is 0 Å². The number of thioether (sulfide) groups is 1. The zero-order valence-electron chi connectivity index (χ0n) is 15.3. The van der Waals surface area contributed by atoms with Gasteiger partial charge in [-0.25, -0.2) is 4.98 Å². The molecule has 0 aromatic carbocycles. The summed E-state index contributed by atoms with van der Waals surface area (Å²) in [6.45, 7) is 5.63. The van der Waals surface area contributed by atoms with E-state index in [1.54, 1.807) is 11.8 Å². The van der Waals surface area contributed by atoms with E-state index in [0.29, 0.717) is 5.92 Å². The molecule has 0 bridgehead atoms. The van der Waals surface area contributed by atoms with Gasteiger partial charge in [-0.15, -0.1) is 12.4 Å². The highest BCUT2D eigenvalue weighted by Gasteiger charge is 2.25. The second-order valence-electron chi connectivity index (χ2n) is 6.38. The molecule has 1 fully saturated rings. The Kier molecular flexibility index (Phi) is 10.2. The summed E-state index contributed by atoms with van der Waals surface area (Å²) >= 11 is 1.74. The van der Waals surface area contributed by atoms with Crippen LogP contribution >= 0.6 is 24.2 Å². The van der Waals surface area contributed by atoms with Crippen LogP contribution in [0.3, 0.4) is 0 Å². The topological polar surface area (TPSA) is 62.5 Å². The van der Waals surface area contributed by atoms with Gasteiger partial charge in [0.15, 0.2) is 0 Å². The van der Waals surface area contributed by atoms with E-state index in [0.717, 1.165) is 57.0 Å². The Morgan fingerprint density at radius 1 is 1.44 bits per heavy atom. The van der Waals surface area contributed by atoms with Crippen molar-refractivity contribution in [2.45, 2.75) is 32.2 Å². The quantitative estimate of drug-likeness (QED) is 0.744. The fraction of sp³-hybridized carbons (Fsp3) is 0.667. The van der Waals surface area contributed by atoms with Crippen molar-refractivity contribution < 1.29 is 4.79 Å². The van der Waals surface area contributed by atoms with Crippen LogP contribution in [0.15, 0.2) is 24.4 Å². The largest absolute Gasteiger partial charge is 0.357 e. The molecule has 1 amide bonds. The first-order valence-electron chi connectivity index (χ1n) is 8.85. The Morgan fingerprint density at radius 3 is 2.72 bits per heavy atom. The maximum atomic E-state index is 12.5. The summed E-state index contributed by atoms with van der Waals surface area (Å²) in [5.74, 6) is 2.66. The third kappa shape index (κ3) is 6.68. The first-order chi connectivity index (χ1) is 11.7. The van der Waals surface area contributed by atoms with Crippen molar-refractivity contribution in [2.75, 3.05) is 43.1 Å². The predicted molar refractivity (Wildman–Crippen MR) is 110 cm³/mol. The van der Waals surface area contributed by atoms with Crippen molar-refractivity contribution in [3.63, 3.8) is 0 Å². The lowest BCUT2D eigenvalue weighted by atomic mass is 9.95. The van der Waals surface area contributed by atoms with E-state index in [1.165, 1.54) is 0 Å². The summed E-state index contributed by atoms with van der Waals surface area (Å²) in [5.41, 5.74) is 6.06. The zero-order chi connectivity index (χ0) is 17.4. The Balaban J connectivity index is 0.00000312. The van der Waals surface area contributed by atoms with E-state index in [-0.39, 0.29) is 24.4 Å². The molecule has 1 aromatic rings. The van der Waals surface area contributed by atoms with Gasteiger partial charge in [0, 0.05) is 32.4 Å². The van der Waals surface area contributed by atoms with Crippen molar-refractivity contribution in [2.24, 2.45) is 11.7 Å². The Hall–Kier alpha value is -0.980. The van der Waals surface area contributed by atoms with E-state index in [9.17, 15) is 4.79 Å². The number of hydrogen-bond acceptors (Lipinski definition) is 5. The molecule has 2 heterocycles. The molecular formula is C18H31ClN4OS. The van der Waals surface area contributed by atoms with Crippen LogP contribution in [0, 0.1) is 5.92 Å². The molecule has 1 saturated heterocycles. The maximum Gasteiger partial charge on any atom is 0.239 e. The number of hydrogen-bond donors (Lipinski definition) is 1. The standard InChI is InChI=1S/C18H30N4OS.ClH/c1-3-21(18(23)16(19)9-13-24-2)14-15-7-11-22(12-8-15)17-6-4-5-10-20-17;/h4-6,10,15-16H,3,7-9,11-14,19H2,1-2H3;1H/t16-;/m0./s1. The van der Waals surface area contributed by atoms with Gasteiger partial charge < -0.3 is 15.5 Å². The van der Waals surface area contributed by atoms with Crippen LogP contribution in [0.2, 0.25) is 0 Å². The molecule has 2 rings (SSSR count). The summed E-state index contributed by atoms with van der Waals surface area (Å²) < 4.78 is 0. The van der Waals surface area contributed by atoms with Gasteiger partial charge in [-0.05, 0) is 56.2 Å². The van der Waals surface area contributed by atoms with Gasteiger partial charge >= 0.3 is 0 Å². The molecule has 1 aliphatic heterocycles. The molecule has 0 spiro atoms. The number of aromatic nitrogens is 1. The first kappa shape index (κ1) is 22.1. The van der Waals surface area contributed by atoms with Gasteiger partial charge in [0.25, 0.3) is 0 Å². The molecule has 7 heteroatoms. The number of carbonyl (C=O) groups excluding carboxylic acids is 1. The van der Waals surface area contributed by atoms with E-state index in [4.69, 9.17) is 5.73 Å². The van der Waals surface area contributed by atoms with Crippen molar-refractivity contribution in [3.05, 3.63) is 24.4 Å². The number of halogens is 1. The molecule has 0 saturated carbocycles. The summed E-state index contributed by atoms with van der Waals surface area (Å²) in [7, 11) is 0. The van der Waals surface area contributed by atoms with E-state index in [1.807, 2.05) is 36.4 Å². The summed E-state index contributed by atoms with van der Waals surface area (Å²) in [6, 6.07) is 5.68. The molecule has 0 unspecified atom stereocenters. The average Bonchev–Trinajstić information content (AvgIpc) is 2.64. The third-order valence-corrected chi connectivity index (χ3v) is 5.35. The third-order valence-electron chi connectivity index (χ3n) is 4.71. The van der Waals surface area contributed by atoms with Crippen LogP contribution in [0.25, 0.3) is 0 Å². The SMILES string of the molecule is CCN(CC1CCN(c2ccccn2)CC1)C(=O)[C@@H](N)CCSC.Cl. The van der Waals surface area contributed by atoms with E-state index >= 15 is 0 Å². The second kappa shape index (κ2) is 11.6. The van der Waals surface area contributed by atoms with Crippen LogP contribution in [0.1, 0.15) is 26.2 Å². The lowest BCUT2D eigenvalue weighted by molar-refractivity contribution is -0.133. The van der Waals surface area contributed by atoms with Crippen molar-refractivity contribution in [3.8, 4) is 0 Å². The lowest BCUT2D eigenvalue weighted by Gasteiger charge is -2.35. The van der Waals surface area contributed by atoms with Crippen LogP contribution in [-0.4, -0.2) is 60.0 Å². The first-order valence-corrected chi connectivity index (χ1v) is 10.2. The number of pyridine rings is 1. The number of amides is 1. The van der Waals surface area contributed by atoms with Crippen LogP contribution in [-0.2, 0) is 4.79 Å². The monoisotopic (exact) mass is 386 g/mol. The van der Waals surface area contributed by atoms with Crippen molar-refractivity contribution in [1.82, 2.24) is 9.88 Å². The number of rotatable bonds is 8. The minimum absolute atomic E-state index is 0. The molecular weight excluding hydrogens is 356 g/mol. The fourth-order valence-corrected chi connectivity index (χ4v) is 3.66. The van der Waals surface area contributed by atoms with Crippen LogP contribution < -0.4 is 10.6 Å². The highest BCUT2D eigenvalue weighted by molar-refractivity contribution is 7.98. The van der Waals surface area contributed by atoms with Gasteiger partial charge in [0.1, 0.15) is 5.82 Å². The molecule has 142 valence electrons. The molecule has 25 heavy (non-hydrogen) atoms.